The first kappa shape index (κ1) is 20.1. The molecule has 1 amide bonds. The standard InChI is InChI=1S/C22H16Cl2N2O4/c1-12-8-13(23)9-16(24)21(12)29-11-20(28)25-14-6-7-18(27)15(10-14)22-26-17-4-2-3-5-19(17)30-22/h2-10,27H,11H2,1H3,(H,25,28). The molecule has 0 spiro atoms. The summed E-state index contributed by atoms with van der Waals surface area (Å²) >= 11 is 12.1. The highest BCUT2D eigenvalue weighted by atomic mass is 35.5. The van der Waals surface area contributed by atoms with Gasteiger partial charge in [-0.05, 0) is 55.0 Å². The van der Waals surface area contributed by atoms with Crippen LogP contribution in [0.1, 0.15) is 5.56 Å². The Bertz CT molecular complexity index is 1200. The van der Waals surface area contributed by atoms with Crippen LogP contribution in [0.2, 0.25) is 10.0 Å². The number of benzene rings is 3. The zero-order valence-electron chi connectivity index (χ0n) is 15.8. The van der Waals surface area contributed by atoms with Gasteiger partial charge in [0, 0.05) is 10.7 Å². The normalized spacial score (nSPS) is 10.9. The Kier molecular flexibility index (Phi) is 5.53. The maximum Gasteiger partial charge on any atom is 0.262 e. The number of phenols is 1. The molecule has 152 valence electrons. The Morgan fingerprint density at radius 3 is 2.73 bits per heavy atom. The molecule has 0 saturated heterocycles. The molecule has 1 aromatic heterocycles. The van der Waals surface area contributed by atoms with Gasteiger partial charge in [0.1, 0.15) is 17.0 Å². The Balaban J connectivity index is 1.50. The maximum absolute atomic E-state index is 12.3. The van der Waals surface area contributed by atoms with Crippen LogP contribution in [-0.2, 0) is 4.79 Å². The number of rotatable bonds is 5. The van der Waals surface area contributed by atoms with Crippen LogP contribution in [0.5, 0.6) is 11.5 Å². The number of carbonyl (C=O) groups excluding carboxylic acids is 1. The number of nitrogens with one attached hydrogen (secondary N) is 1. The summed E-state index contributed by atoms with van der Waals surface area (Å²) < 4.78 is 11.3. The van der Waals surface area contributed by atoms with Crippen molar-refractivity contribution in [3.63, 3.8) is 0 Å². The fourth-order valence-electron chi connectivity index (χ4n) is 2.98. The first-order valence-electron chi connectivity index (χ1n) is 8.98. The molecule has 0 radical (unpaired) electrons. The van der Waals surface area contributed by atoms with Crippen LogP contribution in [0.3, 0.4) is 0 Å². The summed E-state index contributed by atoms with van der Waals surface area (Å²) in [7, 11) is 0. The van der Waals surface area contributed by atoms with Crippen LogP contribution < -0.4 is 10.1 Å². The van der Waals surface area contributed by atoms with Gasteiger partial charge in [0.05, 0.1) is 10.6 Å². The lowest BCUT2D eigenvalue weighted by atomic mass is 10.1. The lowest BCUT2D eigenvalue weighted by molar-refractivity contribution is -0.118. The van der Waals surface area contributed by atoms with Gasteiger partial charge in [-0.15, -0.1) is 0 Å². The molecule has 4 aromatic rings. The van der Waals surface area contributed by atoms with Crippen molar-refractivity contribution in [2.45, 2.75) is 6.92 Å². The molecule has 3 aromatic carbocycles. The highest BCUT2D eigenvalue weighted by Gasteiger charge is 2.15. The number of fused-ring (bicyclic) bond motifs is 1. The fourth-order valence-corrected chi connectivity index (χ4v) is 3.63. The van der Waals surface area contributed by atoms with Gasteiger partial charge >= 0.3 is 0 Å². The summed E-state index contributed by atoms with van der Waals surface area (Å²) in [4.78, 5) is 16.7. The number of amides is 1. The summed E-state index contributed by atoms with van der Waals surface area (Å²) in [6, 6.07) is 15.1. The molecular weight excluding hydrogens is 427 g/mol. The third-order valence-electron chi connectivity index (χ3n) is 4.35. The van der Waals surface area contributed by atoms with E-state index in [2.05, 4.69) is 10.3 Å². The molecule has 1 heterocycles. The number of para-hydroxylation sites is 2. The topological polar surface area (TPSA) is 84.6 Å². The second kappa shape index (κ2) is 8.26. The van der Waals surface area contributed by atoms with Gasteiger partial charge in [-0.3, -0.25) is 4.79 Å². The Hall–Kier alpha value is -3.22. The minimum atomic E-state index is -0.394. The number of halogens is 2. The van der Waals surface area contributed by atoms with Crippen molar-refractivity contribution in [3.05, 3.63) is 70.2 Å². The second-order valence-electron chi connectivity index (χ2n) is 6.59. The molecule has 0 aliphatic rings. The van der Waals surface area contributed by atoms with E-state index in [1.807, 2.05) is 18.2 Å². The van der Waals surface area contributed by atoms with E-state index in [-0.39, 0.29) is 18.2 Å². The molecule has 4 rings (SSSR count). The maximum atomic E-state index is 12.3. The minimum Gasteiger partial charge on any atom is -0.507 e. The number of ether oxygens (including phenoxy) is 1. The number of phenolic OH excluding ortho intramolecular Hbond substituents is 1. The molecule has 0 atom stereocenters. The SMILES string of the molecule is Cc1cc(Cl)cc(Cl)c1OCC(=O)Nc1ccc(O)c(-c2nc3ccccc3o2)c1. The van der Waals surface area contributed by atoms with Crippen molar-refractivity contribution in [1.82, 2.24) is 4.98 Å². The van der Waals surface area contributed by atoms with E-state index < -0.39 is 5.91 Å². The number of aryl methyl sites for hydroxylation is 1. The van der Waals surface area contributed by atoms with Gasteiger partial charge in [0.15, 0.2) is 12.2 Å². The number of aromatic hydroxyl groups is 1. The average molecular weight is 443 g/mol. The first-order chi connectivity index (χ1) is 14.4. The van der Waals surface area contributed by atoms with E-state index >= 15 is 0 Å². The van der Waals surface area contributed by atoms with E-state index in [0.29, 0.717) is 38.1 Å². The van der Waals surface area contributed by atoms with Crippen LogP contribution in [0.4, 0.5) is 5.69 Å². The van der Waals surface area contributed by atoms with Gasteiger partial charge < -0.3 is 19.6 Å². The van der Waals surface area contributed by atoms with Crippen LogP contribution in [-0.4, -0.2) is 22.6 Å². The van der Waals surface area contributed by atoms with E-state index in [0.717, 1.165) is 5.56 Å². The molecule has 0 bridgehead atoms. The molecule has 8 heteroatoms. The number of anilines is 1. The van der Waals surface area contributed by atoms with Gasteiger partial charge in [-0.25, -0.2) is 4.98 Å². The predicted octanol–water partition coefficient (Wildman–Crippen LogP) is 5.83. The monoisotopic (exact) mass is 442 g/mol. The highest BCUT2D eigenvalue weighted by Crippen LogP contribution is 2.34. The lowest BCUT2D eigenvalue weighted by Gasteiger charge is -2.12. The van der Waals surface area contributed by atoms with E-state index in [9.17, 15) is 9.90 Å². The zero-order valence-corrected chi connectivity index (χ0v) is 17.3. The van der Waals surface area contributed by atoms with Crippen molar-refractivity contribution < 1.29 is 19.1 Å². The van der Waals surface area contributed by atoms with Crippen molar-refractivity contribution >= 4 is 45.9 Å². The molecule has 6 nitrogen and oxygen atoms in total. The number of carbonyl (C=O) groups is 1. The molecule has 30 heavy (non-hydrogen) atoms. The number of hydrogen-bond donors (Lipinski definition) is 2. The summed E-state index contributed by atoms with van der Waals surface area (Å²) in [5.74, 6) is 0.243. The third-order valence-corrected chi connectivity index (χ3v) is 4.85. The molecule has 2 N–H and O–H groups in total. The molecule has 0 unspecified atom stereocenters. The minimum absolute atomic E-state index is 0.0145. The zero-order chi connectivity index (χ0) is 21.3. The Labute approximate surface area is 182 Å². The van der Waals surface area contributed by atoms with Gasteiger partial charge in [-0.1, -0.05) is 35.3 Å². The van der Waals surface area contributed by atoms with E-state index in [1.165, 1.54) is 6.07 Å². The third kappa shape index (κ3) is 4.20. The number of aromatic nitrogens is 1. The largest absolute Gasteiger partial charge is 0.507 e. The fraction of sp³-hybridized carbons (Fsp3) is 0.0909. The molecule has 0 aliphatic heterocycles. The van der Waals surface area contributed by atoms with Crippen molar-refractivity contribution in [2.75, 3.05) is 11.9 Å². The lowest BCUT2D eigenvalue weighted by Crippen LogP contribution is -2.20. The van der Waals surface area contributed by atoms with Crippen molar-refractivity contribution in [3.8, 4) is 23.0 Å². The van der Waals surface area contributed by atoms with Gasteiger partial charge in [0.25, 0.3) is 5.91 Å². The first-order valence-corrected chi connectivity index (χ1v) is 9.73. The Morgan fingerprint density at radius 1 is 1.17 bits per heavy atom. The average Bonchev–Trinajstić information content (AvgIpc) is 3.12. The van der Waals surface area contributed by atoms with E-state index in [4.69, 9.17) is 32.4 Å². The smallest absolute Gasteiger partial charge is 0.262 e. The van der Waals surface area contributed by atoms with E-state index in [1.54, 1.807) is 37.3 Å². The van der Waals surface area contributed by atoms with Crippen LogP contribution in [0, 0.1) is 6.92 Å². The number of nitrogens with zero attached hydrogens (tertiary/aromatic N) is 1. The Morgan fingerprint density at radius 2 is 1.97 bits per heavy atom. The summed E-state index contributed by atoms with van der Waals surface area (Å²) in [5.41, 5.74) is 2.82. The predicted molar refractivity (Wildman–Crippen MR) is 116 cm³/mol. The van der Waals surface area contributed by atoms with Crippen LogP contribution >= 0.6 is 23.2 Å². The van der Waals surface area contributed by atoms with Crippen molar-refractivity contribution in [2.24, 2.45) is 0 Å². The molecule has 0 saturated carbocycles. The summed E-state index contributed by atoms with van der Waals surface area (Å²) in [6.07, 6.45) is 0. The van der Waals surface area contributed by atoms with Crippen molar-refractivity contribution in [1.29, 1.82) is 0 Å². The summed E-state index contributed by atoms with van der Waals surface area (Å²) in [6.45, 7) is 1.54. The molecular formula is C22H16Cl2N2O4. The number of oxazole rings is 1. The number of hydrogen-bond acceptors (Lipinski definition) is 5. The molecule has 0 fully saturated rings. The van der Waals surface area contributed by atoms with Crippen LogP contribution in [0.15, 0.2) is 59.0 Å². The molecule has 0 aliphatic carbocycles. The highest BCUT2D eigenvalue weighted by molar-refractivity contribution is 6.35. The van der Waals surface area contributed by atoms with Gasteiger partial charge in [-0.2, -0.15) is 0 Å². The quantitative estimate of drug-likeness (QED) is 0.379. The van der Waals surface area contributed by atoms with Gasteiger partial charge in [0.2, 0.25) is 5.89 Å². The summed E-state index contributed by atoms with van der Waals surface area (Å²) in [5, 5.41) is 13.8. The van der Waals surface area contributed by atoms with Crippen LogP contribution in [0.25, 0.3) is 22.6 Å². The second-order valence-corrected chi connectivity index (χ2v) is 7.43.